The van der Waals surface area contributed by atoms with E-state index in [1.807, 2.05) is 30.3 Å². The number of urea groups is 1. The van der Waals surface area contributed by atoms with Gasteiger partial charge in [0.1, 0.15) is 5.82 Å². The number of hydrogen-bond acceptors (Lipinski definition) is 6. The second kappa shape index (κ2) is 9.87. The number of pyridine rings is 1. The quantitative estimate of drug-likeness (QED) is 0.508. The van der Waals surface area contributed by atoms with Crippen molar-refractivity contribution in [3.8, 4) is 0 Å². The summed E-state index contributed by atoms with van der Waals surface area (Å²) in [4.78, 5) is 42.5. The molecule has 2 unspecified atom stereocenters. The molecule has 8 heteroatoms. The van der Waals surface area contributed by atoms with Crippen LogP contribution < -0.4 is 11.1 Å². The predicted octanol–water partition coefficient (Wildman–Crippen LogP) is 1.94. The molecule has 2 aromatic rings. The van der Waals surface area contributed by atoms with E-state index in [2.05, 4.69) is 10.3 Å². The van der Waals surface area contributed by atoms with Gasteiger partial charge in [-0.3, -0.25) is 14.5 Å². The van der Waals surface area contributed by atoms with Gasteiger partial charge in [-0.25, -0.2) is 9.78 Å². The van der Waals surface area contributed by atoms with Crippen LogP contribution in [0.3, 0.4) is 0 Å². The zero-order valence-corrected chi connectivity index (χ0v) is 16.9. The highest BCUT2D eigenvalue weighted by Gasteiger charge is 2.51. The SMILES string of the molecule is CCOC(=O)CC1C(Cc2ccnc(N)c2)C(=O)N1C(=O)NCCc1ccccc1. The number of nitrogens with zero attached hydrogens (tertiary/aromatic N) is 2. The second-order valence-electron chi connectivity index (χ2n) is 7.15. The molecule has 0 saturated carbocycles. The van der Waals surface area contributed by atoms with Crippen LogP contribution in [0, 0.1) is 5.92 Å². The van der Waals surface area contributed by atoms with Crippen LogP contribution in [-0.2, 0) is 27.2 Å². The van der Waals surface area contributed by atoms with Crippen LogP contribution >= 0.6 is 0 Å². The van der Waals surface area contributed by atoms with Gasteiger partial charge in [-0.1, -0.05) is 30.3 Å². The minimum Gasteiger partial charge on any atom is -0.466 e. The van der Waals surface area contributed by atoms with E-state index >= 15 is 0 Å². The lowest BCUT2D eigenvalue weighted by Crippen LogP contribution is -2.66. The summed E-state index contributed by atoms with van der Waals surface area (Å²) in [5.41, 5.74) is 7.64. The van der Waals surface area contributed by atoms with Crippen molar-refractivity contribution in [1.82, 2.24) is 15.2 Å². The average molecular weight is 410 g/mol. The molecule has 0 aliphatic carbocycles. The molecule has 1 aromatic carbocycles. The van der Waals surface area contributed by atoms with Crippen molar-refractivity contribution in [2.75, 3.05) is 18.9 Å². The Labute approximate surface area is 175 Å². The first kappa shape index (κ1) is 21.3. The standard InChI is InChI=1S/C22H26N4O4/c1-2-30-20(27)14-18-17(12-16-9-10-24-19(23)13-16)21(28)26(18)22(29)25-11-8-15-6-4-3-5-7-15/h3-7,9-10,13,17-18H,2,8,11-12,14H2,1H3,(H2,23,24)(H,25,29). The van der Waals surface area contributed by atoms with Crippen molar-refractivity contribution in [2.45, 2.75) is 32.2 Å². The lowest BCUT2D eigenvalue weighted by molar-refractivity contribution is -0.156. The van der Waals surface area contributed by atoms with E-state index in [-0.39, 0.29) is 18.9 Å². The lowest BCUT2D eigenvalue weighted by Gasteiger charge is -2.45. The fourth-order valence-electron chi connectivity index (χ4n) is 3.62. The molecule has 1 aromatic heterocycles. The Kier molecular flexibility index (Phi) is 7.00. The Hall–Kier alpha value is -3.42. The van der Waals surface area contributed by atoms with E-state index in [0.717, 1.165) is 16.0 Å². The van der Waals surface area contributed by atoms with Crippen LogP contribution in [0.15, 0.2) is 48.7 Å². The summed E-state index contributed by atoms with van der Waals surface area (Å²) in [6, 6.07) is 12.2. The van der Waals surface area contributed by atoms with Crippen LogP contribution in [0.1, 0.15) is 24.5 Å². The molecule has 1 aliphatic rings. The maximum absolute atomic E-state index is 12.7. The van der Waals surface area contributed by atoms with E-state index in [0.29, 0.717) is 25.2 Å². The molecule has 1 aliphatic heterocycles. The number of rotatable bonds is 8. The molecule has 2 atom stereocenters. The topological polar surface area (TPSA) is 115 Å². The molecule has 3 rings (SSSR count). The first-order valence-corrected chi connectivity index (χ1v) is 10.0. The average Bonchev–Trinajstić information content (AvgIpc) is 2.73. The smallest absolute Gasteiger partial charge is 0.324 e. The number of carbonyl (C=O) groups is 3. The summed E-state index contributed by atoms with van der Waals surface area (Å²) in [6.07, 6.45) is 2.57. The van der Waals surface area contributed by atoms with Crippen molar-refractivity contribution in [3.63, 3.8) is 0 Å². The largest absolute Gasteiger partial charge is 0.466 e. The summed E-state index contributed by atoms with van der Waals surface area (Å²) in [6.45, 7) is 2.35. The summed E-state index contributed by atoms with van der Waals surface area (Å²) >= 11 is 0. The summed E-state index contributed by atoms with van der Waals surface area (Å²) in [5.74, 6) is -0.874. The van der Waals surface area contributed by atoms with Crippen LogP contribution in [0.25, 0.3) is 0 Å². The highest BCUT2D eigenvalue weighted by Crippen LogP contribution is 2.32. The summed E-state index contributed by atoms with van der Waals surface area (Å²) in [5, 5.41) is 2.78. The van der Waals surface area contributed by atoms with Crippen molar-refractivity contribution < 1.29 is 19.1 Å². The van der Waals surface area contributed by atoms with Gasteiger partial charge >= 0.3 is 12.0 Å². The Bertz CT molecular complexity index is 903. The number of nitrogens with two attached hydrogens (primary N) is 1. The predicted molar refractivity (Wildman–Crippen MR) is 111 cm³/mol. The normalized spacial score (nSPS) is 17.9. The lowest BCUT2D eigenvalue weighted by atomic mass is 9.81. The van der Waals surface area contributed by atoms with Gasteiger partial charge in [0.15, 0.2) is 0 Å². The Morgan fingerprint density at radius 3 is 2.67 bits per heavy atom. The second-order valence-corrected chi connectivity index (χ2v) is 7.15. The number of hydrogen-bond donors (Lipinski definition) is 2. The number of benzene rings is 1. The molecule has 3 N–H and O–H groups in total. The number of imide groups is 1. The van der Waals surface area contributed by atoms with Gasteiger partial charge in [-0.15, -0.1) is 0 Å². The Morgan fingerprint density at radius 2 is 1.97 bits per heavy atom. The van der Waals surface area contributed by atoms with E-state index < -0.39 is 24.0 Å². The fourth-order valence-corrected chi connectivity index (χ4v) is 3.62. The van der Waals surface area contributed by atoms with Crippen molar-refractivity contribution in [2.24, 2.45) is 5.92 Å². The molecular weight excluding hydrogens is 384 g/mol. The Balaban J connectivity index is 1.64. The maximum Gasteiger partial charge on any atom is 0.324 e. The van der Waals surface area contributed by atoms with Crippen molar-refractivity contribution in [3.05, 3.63) is 59.8 Å². The number of nitrogens with one attached hydrogen (secondary N) is 1. The number of likely N-dealkylation sites (tertiary alicyclic amines) is 1. The molecule has 1 saturated heterocycles. The van der Waals surface area contributed by atoms with Crippen LogP contribution in [0.5, 0.6) is 0 Å². The van der Waals surface area contributed by atoms with Crippen LogP contribution in [-0.4, -0.2) is 47.0 Å². The molecule has 0 radical (unpaired) electrons. The van der Waals surface area contributed by atoms with Gasteiger partial charge < -0.3 is 15.8 Å². The number of amides is 3. The monoisotopic (exact) mass is 410 g/mol. The number of nitrogen functional groups attached to an aromatic ring is 1. The Morgan fingerprint density at radius 1 is 1.20 bits per heavy atom. The third-order valence-corrected chi connectivity index (χ3v) is 5.08. The molecule has 2 heterocycles. The minimum absolute atomic E-state index is 0.0308. The first-order chi connectivity index (χ1) is 14.5. The molecule has 0 spiro atoms. The third kappa shape index (κ3) is 5.14. The van der Waals surface area contributed by atoms with Crippen molar-refractivity contribution in [1.29, 1.82) is 0 Å². The maximum atomic E-state index is 12.7. The molecule has 30 heavy (non-hydrogen) atoms. The van der Waals surface area contributed by atoms with Gasteiger partial charge in [0.05, 0.1) is 25.0 Å². The third-order valence-electron chi connectivity index (χ3n) is 5.08. The summed E-state index contributed by atoms with van der Waals surface area (Å²) in [7, 11) is 0. The van der Waals surface area contributed by atoms with Crippen LogP contribution in [0.4, 0.5) is 10.6 Å². The number of β-lactam (4-membered cyclic amide) rings is 1. The van der Waals surface area contributed by atoms with Gasteiger partial charge in [0.2, 0.25) is 5.91 Å². The highest BCUT2D eigenvalue weighted by atomic mass is 16.5. The van der Waals surface area contributed by atoms with Gasteiger partial charge in [-0.2, -0.15) is 0 Å². The number of ether oxygens (including phenoxy) is 1. The molecule has 1 fully saturated rings. The first-order valence-electron chi connectivity index (χ1n) is 10.0. The molecule has 0 bridgehead atoms. The molecule has 158 valence electrons. The van der Waals surface area contributed by atoms with Crippen molar-refractivity contribution >= 4 is 23.7 Å². The molecule has 8 nitrogen and oxygen atoms in total. The van der Waals surface area contributed by atoms with E-state index in [9.17, 15) is 14.4 Å². The summed E-state index contributed by atoms with van der Waals surface area (Å²) < 4.78 is 5.03. The van der Waals surface area contributed by atoms with Gasteiger partial charge in [0.25, 0.3) is 0 Å². The van der Waals surface area contributed by atoms with E-state index in [1.54, 1.807) is 25.3 Å². The van der Waals surface area contributed by atoms with E-state index in [1.165, 1.54) is 0 Å². The van der Waals surface area contributed by atoms with Gasteiger partial charge in [-0.05, 0) is 43.0 Å². The fraction of sp³-hybridized carbons (Fsp3) is 0.364. The molecule has 3 amide bonds. The zero-order chi connectivity index (χ0) is 21.5. The molecular formula is C22H26N4O4. The number of aromatic nitrogens is 1. The van der Waals surface area contributed by atoms with Crippen LogP contribution in [0.2, 0.25) is 0 Å². The number of esters is 1. The zero-order valence-electron chi connectivity index (χ0n) is 16.9. The number of carbonyl (C=O) groups excluding carboxylic acids is 3. The van der Waals surface area contributed by atoms with Gasteiger partial charge in [0, 0.05) is 12.7 Å². The van der Waals surface area contributed by atoms with E-state index in [4.69, 9.17) is 10.5 Å². The highest BCUT2D eigenvalue weighted by molar-refractivity contribution is 6.02. The number of anilines is 1. The minimum atomic E-state index is -0.553.